The van der Waals surface area contributed by atoms with Crippen LogP contribution in [-0.4, -0.2) is 59.7 Å². The van der Waals surface area contributed by atoms with Crippen molar-refractivity contribution < 1.29 is 13.2 Å². The summed E-state index contributed by atoms with van der Waals surface area (Å²) in [4.78, 5) is 2.35. The number of methoxy groups -OCH3 is 1. The lowest BCUT2D eigenvalue weighted by molar-refractivity contribution is 0.239. The van der Waals surface area contributed by atoms with Crippen LogP contribution in [0.1, 0.15) is 12.0 Å². The molecule has 1 fully saturated rings. The number of ether oxygens (including phenoxy) is 1. The molecular formula is C15H25N3O3S. The summed E-state index contributed by atoms with van der Waals surface area (Å²) in [6.45, 7) is 5.52. The van der Waals surface area contributed by atoms with E-state index in [9.17, 15) is 8.42 Å². The van der Waals surface area contributed by atoms with Crippen LogP contribution >= 0.6 is 0 Å². The zero-order valence-corrected chi connectivity index (χ0v) is 13.9. The van der Waals surface area contributed by atoms with Gasteiger partial charge >= 0.3 is 0 Å². The van der Waals surface area contributed by atoms with Crippen molar-refractivity contribution in [3.05, 3.63) is 29.8 Å². The first-order chi connectivity index (χ1) is 10.6. The van der Waals surface area contributed by atoms with Gasteiger partial charge in [0.05, 0.1) is 12.9 Å². The predicted octanol–water partition coefficient (Wildman–Crippen LogP) is 0.410. The summed E-state index contributed by atoms with van der Waals surface area (Å²) < 4.78 is 31.9. The normalized spacial score (nSPS) is 16.6. The zero-order chi connectivity index (χ0) is 15.8. The average Bonchev–Trinajstić information content (AvgIpc) is 2.52. The molecule has 1 aromatic carbocycles. The highest BCUT2D eigenvalue weighted by molar-refractivity contribution is 7.88. The van der Waals surface area contributed by atoms with Crippen LogP contribution in [0.2, 0.25) is 0 Å². The Morgan fingerprint density at radius 2 is 2.09 bits per heavy atom. The lowest BCUT2D eigenvalue weighted by atomic mass is 10.2. The van der Waals surface area contributed by atoms with E-state index >= 15 is 0 Å². The topological polar surface area (TPSA) is 70.7 Å². The number of rotatable bonds is 8. The summed E-state index contributed by atoms with van der Waals surface area (Å²) >= 11 is 0. The van der Waals surface area contributed by atoms with Gasteiger partial charge in [0.25, 0.3) is 0 Å². The fraction of sp³-hybridized carbons (Fsp3) is 0.600. The molecule has 0 bridgehead atoms. The van der Waals surface area contributed by atoms with Gasteiger partial charge in [0.2, 0.25) is 10.0 Å². The van der Waals surface area contributed by atoms with Crippen molar-refractivity contribution in [1.29, 1.82) is 0 Å². The standard InChI is InChI=1S/C15H25N3O3S/c1-21-15-5-2-4-14(12-15)13-22(19,20)17-6-3-9-18-10-7-16-8-11-18/h2,4-5,12,16-17H,3,6-11,13H2,1H3. The van der Waals surface area contributed by atoms with Gasteiger partial charge in [-0.25, -0.2) is 13.1 Å². The van der Waals surface area contributed by atoms with Crippen LogP contribution in [0.5, 0.6) is 5.75 Å². The minimum absolute atomic E-state index is 0.0160. The number of nitrogens with zero attached hydrogens (tertiary/aromatic N) is 1. The van der Waals surface area contributed by atoms with Crippen molar-refractivity contribution in [3.63, 3.8) is 0 Å². The Bertz CT molecular complexity index is 557. The maximum Gasteiger partial charge on any atom is 0.215 e. The van der Waals surface area contributed by atoms with Crippen molar-refractivity contribution in [2.24, 2.45) is 0 Å². The molecule has 0 atom stereocenters. The van der Waals surface area contributed by atoms with Crippen LogP contribution in [0.25, 0.3) is 0 Å². The second kappa shape index (κ2) is 8.47. The van der Waals surface area contributed by atoms with Crippen molar-refractivity contribution in [2.75, 3.05) is 46.4 Å². The van der Waals surface area contributed by atoms with E-state index in [1.807, 2.05) is 0 Å². The molecule has 1 heterocycles. The van der Waals surface area contributed by atoms with E-state index in [-0.39, 0.29) is 5.75 Å². The molecule has 124 valence electrons. The molecule has 0 amide bonds. The van der Waals surface area contributed by atoms with Gasteiger partial charge in [-0.2, -0.15) is 0 Å². The van der Waals surface area contributed by atoms with E-state index in [1.165, 1.54) is 0 Å². The Kier molecular flexibility index (Phi) is 6.63. The van der Waals surface area contributed by atoms with Crippen LogP contribution in [-0.2, 0) is 15.8 Å². The highest BCUT2D eigenvalue weighted by Crippen LogP contribution is 2.14. The van der Waals surface area contributed by atoms with Crippen LogP contribution in [0.4, 0.5) is 0 Å². The Morgan fingerprint density at radius 1 is 1.32 bits per heavy atom. The average molecular weight is 327 g/mol. The minimum atomic E-state index is -3.30. The monoisotopic (exact) mass is 327 g/mol. The molecule has 0 aromatic heterocycles. The van der Waals surface area contributed by atoms with Gasteiger partial charge in [-0.05, 0) is 30.7 Å². The quantitative estimate of drug-likeness (QED) is 0.677. The summed E-state index contributed by atoms with van der Waals surface area (Å²) in [6, 6.07) is 7.15. The molecule has 1 aliphatic rings. The molecule has 1 saturated heterocycles. The third-order valence-corrected chi connectivity index (χ3v) is 5.03. The first kappa shape index (κ1) is 17.2. The van der Waals surface area contributed by atoms with Crippen molar-refractivity contribution in [2.45, 2.75) is 12.2 Å². The molecule has 22 heavy (non-hydrogen) atoms. The fourth-order valence-electron chi connectivity index (χ4n) is 2.50. The summed E-state index contributed by atoms with van der Waals surface area (Å²) in [6.07, 6.45) is 0.831. The maximum atomic E-state index is 12.1. The molecule has 2 N–H and O–H groups in total. The van der Waals surface area contributed by atoms with Crippen LogP contribution in [0.15, 0.2) is 24.3 Å². The van der Waals surface area contributed by atoms with E-state index in [0.717, 1.165) is 44.7 Å². The van der Waals surface area contributed by atoms with Gasteiger partial charge in [0.1, 0.15) is 5.75 Å². The molecule has 1 aromatic rings. The number of benzene rings is 1. The van der Waals surface area contributed by atoms with Crippen molar-refractivity contribution >= 4 is 10.0 Å². The van der Waals surface area contributed by atoms with Gasteiger partial charge in [0, 0.05) is 32.7 Å². The summed E-state index contributed by atoms with van der Waals surface area (Å²) in [5.41, 5.74) is 0.731. The molecule has 7 heteroatoms. The number of piperazine rings is 1. The Morgan fingerprint density at radius 3 is 2.82 bits per heavy atom. The van der Waals surface area contributed by atoms with E-state index in [2.05, 4.69) is 14.9 Å². The number of nitrogens with one attached hydrogen (secondary N) is 2. The van der Waals surface area contributed by atoms with Gasteiger partial charge < -0.3 is 15.0 Å². The number of hydrogen-bond donors (Lipinski definition) is 2. The second-order valence-corrected chi connectivity index (χ2v) is 7.26. The van der Waals surface area contributed by atoms with Crippen LogP contribution in [0.3, 0.4) is 0 Å². The second-order valence-electron chi connectivity index (χ2n) is 5.45. The van der Waals surface area contributed by atoms with Crippen molar-refractivity contribution in [1.82, 2.24) is 14.9 Å². The van der Waals surface area contributed by atoms with E-state index in [0.29, 0.717) is 12.3 Å². The van der Waals surface area contributed by atoms with Crippen molar-refractivity contribution in [3.8, 4) is 5.75 Å². The highest BCUT2D eigenvalue weighted by Gasteiger charge is 2.13. The molecular weight excluding hydrogens is 302 g/mol. The third kappa shape index (κ3) is 5.92. The van der Waals surface area contributed by atoms with Gasteiger partial charge in [0.15, 0.2) is 0 Å². The molecule has 0 saturated carbocycles. The third-order valence-electron chi connectivity index (χ3n) is 3.67. The minimum Gasteiger partial charge on any atom is -0.497 e. The van der Waals surface area contributed by atoms with E-state index < -0.39 is 10.0 Å². The molecule has 0 spiro atoms. The van der Waals surface area contributed by atoms with Gasteiger partial charge in [-0.15, -0.1) is 0 Å². The smallest absolute Gasteiger partial charge is 0.215 e. The first-order valence-corrected chi connectivity index (χ1v) is 9.28. The SMILES string of the molecule is COc1cccc(CS(=O)(=O)NCCCN2CCNCC2)c1. The molecule has 6 nitrogen and oxygen atoms in total. The molecule has 0 unspecified atom stereocenters. The van der Waals surface area contributed by atoms with E-state index in [4.69, 9.17) is 4.74 Å². The summed E-state index contributed by atoms with van der Waals surface area (Å²) in [5, 5.41) is 3.30. The van der Waals surface area contributed by atoms with Crippen LogP contribution < -0.4 is 14.8 Å². The number of sulfonamides is 1. The predicted molar refractivity (Wildman–Crippen MR) is 87.5 cm³/mol. The van der Waals surface area contributed by atoms with Crippen LogP contribution in [0, 0.1) is 0 Å². The Balaban J connectivity index is 1.73. The highest BCUT2D eigenvalue weighted by atomic mass is 32.2. The van der Waals surface area contributed by atoms with E-state index in [1.54, 1.807) is 31.4 Å². The summed E-state index contributed by atoms with van der Waals surface area (Å²) in [5.74, 6) is 0.657. The van der Waals surface area contributed by atoms with Gasteiger partial charge in [-0.1, -0.05) is 12.1 Å². The molecule has 0 aliphatic carbocycles. The first-order valence-electron chi connectivity index (χ1n) is 7.62. The molecule has 0 radical (unpaired) electrons. The Labute approximate surface area is 132 Å². The van der Waals surface area contributed by atoms with Gasteiger partial charge in [-0.3, -0.25) is 0 Å². The largest absolute Gasteiger partial charge is 0.497 e. The fourth-order valence-corrected chi connectivity index (χ4v) is 3.67. The maximum absolute atomic E-state index is 12.1. The zero-order valence-electron chi connectivity index (χ0n) is 13.0. The number of hydrogen-bond acceptors (Lipinski definition) is 5. The lowest BCUT2D eigenvalue weighted by Gasteiger charge is -2.27. The summed E-state index contributed by atoms with van der Waals surface area (Å²) in [7, 11) is -1.73. The molecule has 1 aliphatic heterocycles. The lowest BCUT2D eigenvalue weighted by Crippen LogP contribution is -2.44. The Hall–Kier alpha value is -1.15. The molecule has 2 rings (SSSR count).